The maximum absolute atomic E-state index is 13.0. The zero-order valence-corrected chi connectivity index (χ0v) is 18.8. The highest BCUT2D eigenvalue weighted by Gasteiger charge is 2.27. The molecule has 2 amide bonds. The quantitative estimate of drug-likeness (QED) is 0.461. The van der Waals surface area contributed by atoms with E-state index in [0.29, 0.717) is 49.2 Å². The monoisotopic (exact) mass is 459 g/mol. The Bertz CT molecular complexity index is 1290. The molecule has 0 spiro atoms. The minimum absolute atomic E-state index is 0.0795. The number of rotatable bonds is 4. The Balaban J connectivity index is 1.23. The highest BCUT2D eigenvalue weighted by molar-refractivity contribution is 7.13. The normalized spacial score (nSPS) is 13.8. The fourth-order valence-corrected chi connectivity index (χ4v) is 4.55. The molecule has 1 aliphatic rings. The van der Waals surface area contributed by atoms with Crippen LogP contribution in [-0.4, -0.2) is 62.9 Å². The summed E-state index contributed by atoms with van der Waals surface area (Å²) < 4.78 is 5.03. The van der Waals surface area contributed by atoms with Gasteiger partial charge in [-0.3, -0.25) is 9.59 Å². The minimum atomic E-state index is -0.102. The van der Waals surface area contributed by atoms with Crippen LogP contribution in [0, 0.1) is 6.92 Å². The molecule has 8 nitrogen and oxygen atoms in total. The topological polar surface area (TPSA) is 92.4 Å². The van der Waals surface area contributed by atoms with Gasteiger partial charge in [-0.2, -0.15) is 4.98 Å². The molecule has 0 aliphatic carbocycles. The molecular formula is C24H21N5O3S. The van der Waals surface area contributed by atoms with Gasteiger partial charge in [-0.1, -0.05) is 47.6 Å². The molecule has 0 atom stereocenters. The number of nitrogens with zero attached hydrogens (tertiary/aromatic N) is 5. The van der Waals surface area contributed by atoms with Crippen molar-refractivity contribution in [3.63, 3.8) is 0 Å². The van der Waals surface area contributed by atoms with E-state index in [4.69, 9.17) is 4.52 Å². The fraction of sp³-hybridized carbons (Fsp3) is 0.208. The van der Waals surface area contributed by atoms with Gasteiger partial charge < -0.3 is 14.3 Å². The largest absolute Gasteiger partial charge is 0.339 e. The summed E-state index contributed by atoms with van der Waals surface area (Å²) in [7, 11) is 0. The van der Waals surface area contributed by atoms with Crippen LogP contribution in [0.3, 0.4) is 0 Å². The number of aromatic nitrogens is 3. The Hall–Kier alpha value is -3.85. The van der Waals surface area contributed by atoms with Crippen LogP contribution in [0.1, 0.15) is 26.7 Å². The van der Waals surface area contributed by atoms with E-state index in [-0.39, 0.29) is 11.8 Å². The highest BCUT2D eigenvalue weighted by atomic mass is 32.1. The molecule has 5 rings (SSSR count). The van der Waals surface area contributed by atoms with Gasteiger partial charge in [-0.25, -0.2) is 4.98 Å². The molecular weight excluding hydrogens is 438 g/mol. The summed E-state index contributed by atoms with van der Waals surface area (Å²) >= 11 is 1.46. The lowest BCUT2D eigenvalue weighted by atomic mass is 10.1. The van der Waals surface area contributed by atoms with E-state index in [1.807, 2.05) is 36.4 Å². The summed E-state index contributed by atoms with van der Waals surface area (Å²) in [5, 5.41) is 6.54. The van der Waals surface area contributed by atoms with Crippen LogP contribution in [0.4, 0.5) is 0 Å². The number of hydrogen-bond acceptors (Lipinski definition) is 7. The molecule has 1 aliphatic heterocycles. The first-order chi connectivity index (χ1) is 16.1. The van der Waals surface area contributed by atoms with E-state index in [1.54, 1.807) is 40.3 Å². The molecule has 33 heavy (non-hydrogen) atoms. The van der Waals surface area contributed by atoms with Crippen molar-refractivity contribution < 1.29 is 14.1 Å². The Kier molecular flexibility index (Phi) is 5.70. The zero-order chi connectivity index (χ0) is 22.8. The summed E-state index contributed by atoms with van der Waals surface area (Å²) in [5.41, 5.74) is 2.72. The molecule has 0 bridgehead atoms. The third-order valence-electron chi connectivity index (χ3n) is 5.49. The maximum Gasteiger partial charge on any atom is 0.273 e. The molecule has 0 radical (unpaired) electrons. The number of amides is 2. The molecule has 1 saturated heterocycles. The number of thiazole rings is 1. The zero-order valence-electron chi connectivity index (χ0n) is 18.0. The van der Waals surface area contributed by atoms with Crippen molar-refractivity contribution >= 4 is 23.2 Å². The van der Waals surface area contributed by atoms with Crippen molar-refractivity contribution in [2.24, 2.45) is 0 Å². The molecule has 1 fully saturated rings. The Labute approximate surface area is 194 Å². The minimum Gasteiger partial charge on any atom is -0.339 e. The number of carbonyl (C=O) groups is 2. The summed E-state index contributed by atoms with van der Waals surface area (Å²) in [6, 6.07) is 17.0. The Morgan fingerprint density at radius 3 is 2.27 bits per heavy atom. The van der Waals surface area contributed by atoms with Gasteiger partial charge in [0.1, 0.15) is 10.7 Å². The first-order valence-corrected chi connectivity index (χ1v) is 11.5. The Morgan fingerprint density at radius 1 is 0.879 bits per heavy atom. The van der Waals surface area contributed by atoms with Crippen molar-refractivity contribution in [2.45, 2.75) is 6.92 Å². The average Bonchev–Trinajstić information content (AvgIpc) is 3.54. The summed E-state index contributed by atoms with van der Waals surface area (Å²) in [6.45, 7) is 3.58. The van der Waals surface area contributed by atoms with Crippen molar-refractivity contribution in [2.75, 3.05) is 26.2 Å². The van der Waals surface area contributed by atoms with Gasteiger partial charge in [0, 0.05) is 55.2 Å². The molecule has 0 N–H and O–H groups in total. The van der Waals surface area contributed by atoms with Crippen LogP contribution in [0.5, 0.6) is 0 Å². The second kappa shape index (κ2) is 8.95. The second-order valence-electron chi connectivity index (χ2n) is 7.71. The first-order valence-electron chi connectivity index (χ1n) is 10.6. The second-order valence-corrected chi connectivity index (χ2v) is 8.56. The van der Waals surface area contributed by atoms with Gasteiger partial charge >= 0.3 is 0 Å². The number of carbonyl (C=O) groups excluding carboxylic acids is 2. The lowest BCUT2D eigenvalue weighted by Crippen LogP contribution is -2.50. The van der Waals surface area contributed by atoms with E-state index >= 15 is 0 Å². The van der Waals surface area contributed by atoms with Gasteiger partial charge in [0.25, 0.3) is 11.8 Å². The first kappa shape index (κ1) is 21.0. The van der Waals surface area contributed by atoms with Crippen molar-refractivity contribution in [1.29, 1.82) is 0 Å². The van der Waals surface area contributed by atoms with Gasteiger partial charge in [0.05, 0.1) is 0 Å². The summed E-state index contributed by atoms with van der Waals surface area (Å²) in [4.78, 5) is 38.2. The maximum atomic E-state index is 13.0. The van der Waals surface area contributed by atoms with E-state index in [1.165, 1.54) is 11.3 Å². The van der Waals surface area contributed by atoms with Crippen LogP contribution in [0.15, 0.2) is 64.5 Å². The van der Waals surface area contributed by atoms with Gasteiger partial charge in [-0.05, 0) is 12.1 Å². The molecule has 2 aromatic carbocycles. The van der Waals surface area contributed by atoms with E-state index in [9.17, 15) is 9.59 Å². The van der Waals surface area contributed by atoms with Crippen LogP contribution in [0.25, 0.3) is 22.0 Å². The molecule has 3 heterocycles. The van der Waals surface area contributed by atoms with E-state index in [2.05, 4.69) is 15.1 Å². The number of aryl methyl sites for hydroxylation is 1. The van der Waals surface area contributed by atoms with Crippen molar-refractivity contribution in [3.05, 3.63) is 77.1 Å². The lowest BCUT2D eigenvalue weighted by Gasteiger charge is -2.34. The molecule has 0 saturated carbocycles. The smallest absolute Gasteiger partial charge is 0.273 e. The molecule has 2 aromatic heterocycles. The molecule has 0 unspecified atom stereocenters. The van der Waals surface area contributed by atoms with Crippen LogP contribution in [-0.2, 0) is 0 Å². The third kappa shape index (κ3) is 4.40. The highest BCUT2D eigenvalue weighted by Crippen LogP contribution is 2.24. The van der Waals surface area contributed by atoms with Gasteiger partial charge in [0.2, 0.25) is 11.7 Å². The number of piperazine rings is 1. The number of benzene rings is 2. The predicted molar refractivity (Wildman–Crippen MR) is 124 cm³/mol. The lowest BCUT2D eigenvalue weighted by molar-refractivity contribution is 0.0533. The van der Waals surface area contributed by atoms with Crippen LogP contribution < -0.4 is 0 Å². The van der Waals surface area contributed by atoms with Gasteiger partial charge in [0.15, 0.2) is 0 Å². The van der Waals surface area contributed by atoms with E-state index < -0.39 is 0 Å². The number of hydrogen-bond donors (Lipinski definition) is 0. The Morgan fingerprint density at radius 2 is 1.58 bits per heavy atom. The third-order valence-corrected chi connectivity index (χ3v) is 6.38. The van der Waals surface area contributed by atoms with Crippen molar-refractivity contribution in [3.8, 4) is 22.0 Å². The van der Waals surface area contributed by atoms with E-state index in [0.717, 1.165) is 16.1 Å². The summed E-state index contributed by atoms with van der Waals surface area (Å²) in [5.74, 6) is 0.744. The SMILES string of the molecule is Cc1nc(-c2cccc(C(=O)N3CCN(C(=O)c4csc(-c5ccccc5)n4)CC3)c2)no1. The van der Waals surface area contributed by atoms with Crippen LogP contribution >= 0.6 is 11.3 Å². The summed E-state index contributed by atoms with van der Waals surface area (Å²) in [6.07, 6.45) is 0. The van der Waals surface area contributed by atoms with Crippen molar-refractivity contribution in [1.82, 2.24) is 24.9 Å². The average molecular weight is 460 g/mol. The van der Waals surface area contributed by atoms with Gasteiger partial charge in [-0.15, -0.1) is 11.3 Å². The molecule has 4 aromatic rings. The standard InChI is InChI=1S/C24H21N5O3S/c1-16-25-21(27-32-16)18-8-5-9-19(14-18)23(30)28-10-12-29(13-11-28)24(31)20-15-33-22(26-20)17-6-3-2-4-7-17/h2-9,14-15H,10-13H2,1H3. The van der Waals surface area contributed by atoms with Crippen LogP contribution in [0.2, 0.25) is 0 Å². The predicted octanol–water partition coefficient (Wildman–Crippen LogP) is 3.77. The molecule has 166 valence electrons. The molecule has 9 heteroatoms. The fourth-order valence-electron chi connectivity index (χ4n) is 3.75.